The summed E-state index contributed by atoms with van der Waals surface area (Å²) in [5, 5.41) is 12.3. The van der Waals surface area contributed by atoms with Crippen molar-refractivity contribution >= 4 is 40.2 Å². The maximum Gasteiger partial charge on any atom is 0.323 e. The molecule has 1 aromatic rings. The zero-order valence-corrected chi connectivity index (χ0v) is 19.7. The van der Waals surface area contributed by atoms with Crippen molar-refractivity contribution in [1.29, 1.82) is 0 Å². The SMILES string of the molecule is CC(C)CCN(C(=O)Nc1ncc(SCCC(=O)O)s1)C1CCC(C(C)C)CC1. The van der Waals surface area contributed by atoms with Gasteiger partial charge in [-0.1, -0.05) is 39.0 Å². The third kappa shape index (κ3) is 8.16. The van der Waals surface area contributed by atoms with E-state index in [1.165, 1.54) is 35.9 Å². The number of carboxylic acids is 1. The first-order valence-electron chi connectivity index (χ1n) is 10.6. The Bertz CT molecular complexity index is 655. The molecule has 1 aromatic heterocycles. The molecule has 0 radical (unpaired) electrons. The molecule has 164 valence electrons. The predicted molar refractivity (Wildman–Crippen MR) is 121 cm³/mol. The molecule has 0 aromatic carbocycles. The second-order valence-corrected chi connectivity index (χ2v) is 11.0. The number of hydrogen-bond donors (Lipinski definition) is 2. The number of nitrogens with zero attached hydrogens (tertiary/aromatic N) is 2. The van der Waals surface area contributed by atoms with Crippen LogP contribution in [0, 0.1) is 17.8 Å². The van der Waals surface area contributed by atoms with Gasteiger partial charge >= 0.3 is 12.0 Å². The molecule has 29 heavy (non-hydrogen) atoms. The highest BCUT2D eigenvalue weighted by Gasteiger charge is 2.30. The van der Waals surface area contributed by atoms with Gasteiger partial charge in [0.25, 0.3) is 0 Å². The highest BCUT2D eigenvalue weighted by Crippen LogP contribution is 2.33. The average molecular weight is 442 g/mol. The number of rotatable bonds is 10. The number of carbonyl (C=O) groups excluding carboxylic acids is 1. The van der Waals surface area contributed by atoms with Crippen molar-refractivity contribution in [2.45, 2.75) is 76.5 Å². The number of anilines is 1. The van der Waals surface area contributed by atoms with Crippen molar-refractivity contribution < 1.29 is 14.7 Å². The van der Waals surface area contributed by atoms with Crippen molar-refractivity contribution in [2.75, 3.05) is 17.6 Å². The number of amides is 2. The van der Waals surface area contributed by atoms with Gasteiger partial charge in [-0.3, -0.25) is 10.1 Å². The number of nitrogens with one attached hydrogen (secondary N) is 1. The molecular weight excluding hydrogens is 406 g/mol. The Kier molecular flexibility index (Phi) is 9.75. The summed E-state index contributed by atoms with van der Waals surface area (Å²) in [5.41, 5.74) is 0. The van der Waals surface area contributed by atoms with E-state index in [4.69, 9.17) is 5.11 Å². The van der Waals surface area contributed by atoms with E-state index in [-0.39, 0.29) is 12.5 Å². The maximum absolute atomic E-state index is 13.0. The van der Waals surface area contributed by atoms with Crippen LogP contribution in [0.2, 0.25) is 0 Å². The Morgan fingerprint density at radius 3 is 2.55 bits per heavy atom. The number of aliphatic carboxylic acids is 1. The largest absolute Gasteiger partial charge is 0.481 e. The third-order valence-corrected chi connectivity index (χ3v) is 7.70. The van der Waals surface area contributed by atoms with Crippen LogP contribution in [-0.4, -0.2) is 45.3 Å². The Morgan fingerprint density at radius 1 is 1.28 bits per heavy atom. The molecule has 2 amide bonds. The standard InChI is InChI=1S/C21H35N3O3S2/c1-14(2)9-11-24(17-7-5-16(6-8-17)15(3)4)21(27)23-20-22-13-19(29-20)28-12-10-18(25)26/h13-17H,5-12H2,1-4H3,(H,25,26)(H,22,23,27). The first-order valence-corrected chi connectivity index (χ1v) is 12.4. The van der Waals surface area contributed by atoms with E-state index >= 15 is 0 Å². The van der Waals surface area contributed by atoms with Crippen LogP contribution in [0.1, 0.15) is 66.2 Å². The minimum absolute atomic E-state index is 0.0601. The fraction of sp³-hybridized carbons (Fsp3) is 0.762. The molecular formula is C21H35N3O3S2. The van der Waals surface area contributed by atoms with Crippen LogP contribution < -0.4 is 5.32 Å². The van der Waals surface area contributed by atoms with Crippen molar-refractivity contribution in [3.05, 3.63) is 6.20 Å². The topological polar surface area (TPSA) is 82.5 Å². The number of hydrogen-bond acceptors (Lipinski definition) is 5. The van der Waals surface area contributed by atoms with Crippen molar-refractivity contribution in [1.82, 2.24) is 9.88 Å². The summed E-state index contributed by atoms with van der Waals surface area (Å²) in [6.45, 7) is 9.73. The van der Waals surface area contributed by atoms with Gasteiger partial charge in [-0.2, -0.15) is 0 Å². The highest BCUT2D eigenvalue weighted by atomic mass is 32.2. The van der Waals surface area contributed by atoms with Crippen LogP contribution in [0.4, 0.5) is 9.93 Å². The lowest BCUT2D eigenvalue weighted by Gasteiger charge is -2.38. The summed E-state index contributed by atoms with van der Waals surface area (Å²) in [5.74, 6) is 1.73. The fourth-order valence-electron chi connectivity index (χ4n) is 3.71. The molecule has 1 aliphatic carbocycles. The van der Waals surface area contributed by atoms with Gasteiger partial charge in [0.2, 0.25) is 0 Å². The Morgan fingerprint density at radius 2 is 1.97 bits per heavy atom. The third-order valence-electron chi connectivity index (χ3n) is 5.59. The van der Waals surface area contributed by atoms with E-state index < -0.39 is 5.97 Å². The molecule has 0 atom stereocenters. The van der Waals surface area contributed by atoms with E-state index in [2.05, 4.69) is 38.0 Å². The number of carboxylic acid groups (broad SMARTS) is 1. The van der Waals surface area contributed by atoms with E-state index in [0.717, 1.165) is 35.9 Å². The lowest BCUT2D eigenvalue weighted by atomic mass is 9.79. The normalized spacial score (nSPS) is 19.5. The number of aromatic nitrogens is 1. The second kappa shape index (κ2) is 11.8. The summed E-state index contributed by atoms with van der Waals surface area (Å²) < 4.78 is 0.924. The van der Waals surface area contributed by atoms with E-state index in [9.17, 15) is 9.59 Å². The Labute approximate surface area is 182 Å². The molecule has 1 aliphatic rings. The van der Waals surface area contributed by atoms with Crippen LogP contribution in [0.25, 0.3) is 0 Å². The first kappa shape index (κ1) is 24.0. The van der Waals surface area contributed by atoms with Crippen LogP contribution in [0.5, 0.6) is 0 Å². The minimum atomic E-state index is -0.802. The first-order chi connectivity index (χ1) is 13.8. The van der Waals surface area contributed by atoms with E-state index in [0.29, 0.717) is 28.8 Å². The van der Waals surface area contributed by atoms with Gasteiger partial charge in [0.1, 0.15) is 0 Å². The molecule has 0 spiro atoms. The molecule has 1 saturated carbocycles. The maximum atomic E-state index is 13.0. The van der Waals surface area contributed by atoms with Crippen molar-refractivity contribution in [3.8, 4) is 0 Å². The van der Waals surface area contributed by atoms with Crippen LogP contribution in [-0.2, 0) is 4.79 Å². The summed E-state index contributed by atoms with van der Waals surface area (Å²) in [6.07, 6.45) is 7.34. The predicted octanol–water partition coefficient (Wildman–Crippen LogP) is 5.80. The summed E-state index contributed by atoms with van der Waals surface area (Å²) in [6, 6.07) is 0.239. The van der Waals surface area contributed by atoms with Gasteiger partial charge in [0.05, 0.1) is 16.8 Å². The van der Waals surface area contributed by atoms with Crippen molar-refractivity contribution in [2.24, 2.45) is 17.8 Å². The zero-order chi connectivity index (χ0) is 21.4. The lowest BCUT2D eigenvalue weighted by Crippen LogP contribution is -2.45. The summed E-state index contributed by atoms with van der Waals surface area (Å²) in [4.78, 5) is 30.0. The second-order valence-electron chi connectivity index (χ2n) is 8.60. The number of carbonyl (C=O) groups is 2. The molecule has 0 unspecified atom stereocenters. The zero-order valence-electron chi connectivity index (χ0n) is 18.0. The average Bonchev–Trinajstić information content (AvgIpc) is 3.09. The molecule has 2 rings (SSSR count). The van der Waals surface area contributed by atoms with Gasteiger partial charge in [0, 0.05) is 18.3 Å². The molecule has 1 fully saturated rings. The molecule has 0 bridgehead atoms. The monoisotopic (exact) mass is 441 g/mol. The highest BCUT2D eigenvalue weighted by molar-refractivity contribution is 8.01. The van der Waals surface area contributed by atoms with Crippen LogP contribution >= 0.6 is 23.1 Å². The fourth-order valence-corrected chi connectivity index (χ4v) is 5.58. The van der Waals surface area contributed by atoms with Gasteiger partial charge in [-0.25, -0.2) is 9.78 Å². The van der Waals surface area contributed by atoms with Gasteiger partial charge in [-0.15, -0.1) is 11.8 Å². The molecule has 0 aliphatic heterocycles. The molecule has 0 saturated heterocycles. The van der Waals surface area contributed by atoms with Crippen molar-refractivity contribution in [3.63, 3.8) is 0 Å². The Hall–Kier alpha value is -1.28. The molecule has 6 nitrogen and oxygen atoms in total. The number of thiazole rings is 1. The van der Waals surface area contributed by atoms with E-state index in [1.807, 2.05) is 4.90 Å². The molecule has 8 heteroatoms. The summed E-state index contributed by atoms with van der Waals surface area (Å²) >= 11 is 2.87. The molecule has 1 heterocycles. The Balaban J connectivity index is 1.95. The summed E-state index contributed by atoms with van der Waals surface area (Å²) in [7, 11) is 0. The van der Waals surface area contributed by atoms with Crippen LogP contribution in [0.15, 0.2) is 10.4 Å². The number of urea groups is 1. The minimum Gasteiger partial charge on any atom is -0.481 e. The quantitative estimate of drug-likeness (QED) is 0.448. The van der Waals surface area contributed by atoms with Gasteiger partial charge in [-0.05, 0) is 49.9 Å². The van der Waals surface area contributed by atoms with Crippen LogP contribution in [0.3, 0.4) is 0 Å². The van der Waals surface area contributed by atoms with Gasteiger partial charge < -0.3 is 10.0 Å². The van der Waals surface area contributed by atoms with E-state index in [1.54, 1.807) is 6.20 Å². The number of thioether (sulfide) groups is 1. The van der Waals surface area contributed by atoms with Gasteiger partial charge in [0.15, 0.2) is 5.13 Å². The lowest BCUT2D eigenvalue weighted by molar-refractivity contribution is -0.136. The smallest absolute Gasteiger partial charge is 0.323 e. The molecule has 2 N–H and O–H groups in total.